The minimum absolute atomic E-state index is 0.362. The Balaban J connectivity index is 2.65. The lowest BCUT2D eigenvalue weighted by molar-refractivity contribution is -0.137. The second-order valence-corrected chi connectivity index (χ2v) is 3.30. The summed E-state index contributed by atoms with van der Waals surface area (Å²) in [7, 11) is 3.73. The highest BCUT2D eigenvalue weighted by molar-refractivity contribution is 5.86. The predicted molar refractivity (Wildman–Crippen MR) is 62.0 cm³/mol. The van der Waals surface area contributed by atoms with E-state index in [0.717, 1.165) is 5.56 Å². The molecule has 0 aliphatic carbocycles. The van der Waals surface area contributed by atoms with Gasteiger partial charge in [-0.05, 0) is 13.0 Å². The summed E-state index contributed by atoms with van der Waals surface area (Å²) in [4.78, 5) is 21.1. The second kappa shape index (κ2) is 5.85. The number of carbonyl (C=O) groups excluding carboxylic acids is 1. The molecule has 16 heavy (non-hydrogen) atoms. The lowest BCUT2D eigenvalue weighted by atomic mass is 10.3. The average Bonchev–Trinajstić information content (AvgIpc) is 2.27. The van der Waals surface area contributed by atoms with Crippen molar-refractivity contribution in [2.45, 2.75) is 6.92 Å². The fourth-order valence-corrected chi connectivity index (χ4v) is 1.00. The molecule has 5 heteroatoms. The number of rotatable bonds is 4. The summed E-state index contributed by atoms with van der Waals surface area (Å²) >= 11 is 0. The number of esters is 1. The summed E-state index contributed by atoms with van der Waals surface area (Å²) in [5.41, 5.74) is 0.763. The minimum atomic E-state index is -0.362. The molecule has 1 aromatic heterocycles. The minimum Gasteiger partial charge on any atom is -0.463 e. The van der Waals surface area contributed by atoms with Gasteiger partial charge in [-0.1, -0.05) is 0 Å². The van der Waals surface area contributed by atoms with E-state index in [9.17, 15) is 4.79 Å². The average molecular weight is 221 g/mol. The van der Waals surface area contributed by atoms with Gasteiger partial charge in [0, 0.05) is 38.1 Å². The SMILES string of the molecule is CCOC(=O)C=Cc1cnc(N(C)C)nc1. The van der Waals surface area contributed by atoms with E-state index in [1.807, 2.05) is 14.1 Å². The molecule has 0 fully saturated rings. The molecule has 1 rings (SSSR count). The van der Waals surface area contributed by atoms with Crippen LogP contribution in [0, 0.1) is 0 Å². The molecule has 0 saturated carbocycles. The Morgan fingerprint density at radius 3 is 2.56 bits per heavy atom. The van der Waals surface area contributed by atoms with Crippen molar-refractivity contribution in [1.29, 1.82) is 0 Å². The van der Waals surface area contributed by atoms with Crippen LogP contribution in [0.1, 0.15) is 12.5 Å². The van der Waals surface area contributed by atoms with E-state index in [2.05, 4.69) is 9.97 Å². The summed E-state index contributed by atoms with van der Waals surface area (Å²) < 4.78 is 4.75. The van der Waals surface area contributed by atoms with Crippen LogP contribution in [0.2, 0.25) is 0 Å². The van der Waals surface area contributed by atoms with Crippen molar-refractivity contribution in [1.82, 2.24) is 9.97 Å². The van der Waals surface area contributed by atoms with Crippen molar-refractivity contribution in [3.8, 4) is 0 Å². The molecule has 0 spiro atoms. The summed E-state index contributed by atoms with van der Waals surface area (Å²) in [5.74, 6) is 0.271. The third kappa shape index (κ3) is 3.68. The maximum absolute atomic E-state index is 11.0. The van der Waals surface area contributed by atoms with Crippen LogP contribution in [-0.2, 0) is 9.53 Å². The Hall–Kier alpha value is -1.91. The molecule has 0 aliphatic rings. The van der Waals surface area contributed by atoms with Crippen molar-refractivity contribution in [2.24, 2.45) is 0 Å². The van der Waals surface area contributed by atoms with E-state index in [0.29, 0.717) is 12.6 Å². The van der Waals surface area contributed by atoms with Gasteiger partial charge in [-0.2, -0.15) is 0 Å². The van der Waals surface area contributed by atoms with Crippen LogP contribution in [0.5, 0.6) is 0 Å². The first-order valence-electron chi connectivity index (χ1n) is 4.97. The zero-order valence-corrected chi connectivity index (χ0v) is 9.67. The molecule has 5 nitrogen and oxygen atoms in total. The van der Waals surface area contributed by atoms with E-state index in [1.54, 1.807) is 30.3 Å². The van der Waals surface area contributed by atoms with Crippen molar-refractivity contribution in [3.63, 3.8) is 0 Å². The third-order valence-electron chi connectivity index (χ3n) is 1.76. The smallest absolute Gasteiger partial charge is 0.330 e. The van der Waals surface area contributed by atoms with Crippen LogP contribution in [0.4, 0.5) is 5.95 Å². The van der Waals surface area contributed by atoms with Crippen molar-refractivity contribution >= 4 is 18.0 Å². The maximum atomic E-state index is 11.0. The monoisotopic (exact) mass is 221 g/mol. The van der Waals surface area contributed by atoms with Gasteiger partial charge in [-0.3, -0.25) is 0 Å². The number of aromatic nitrogens is 2. The number of nitrogens with zero attached hydrogens (tertiary/aromatic N) is 3. The Kier molecular flexibility index (Phi) is 4.44. The van der Waals surface area contributed by atoms with Gasteiger partial charge in [-0.25, -0.2) is 14.8 Å². The summed E-state index contributed by atoms with van der Waals surface area (Å²) in [6.45, 7) is 2.14. The highest BCUT2D eigenvalue weighted by atomic mass is 16.5. The van der Waals surface area contributed by atoms with E-state index in [-0.39, 0.29) is 5.97 Å². The molecule has 0 bridgehead atoms. The Bertz CT molecular complexity index is 371. The molecule has 0 aliphatic heterocycles. The molecule has 1 aromatic rings. The quantitative estimate of drug-likeness (QED) is 0.563. The topological polar surface area (TPSA) is 55.3 Å². The maximum Gasteiger partial charge on any atom is 0.330 e. The molecular weight excluding hydrogens is 206 g/mol. The van der Waals surface area contributed by atoms with E-state index < -0.39 is 0 Å². The van der Waals surface area contributed by atoms with Crippen LogP contribution in [0.3, 0.4) is 0 Å². The van der Waals surface area contributed by atoms with Crippen LogP contribution in [0.15, 0.2) is 18.5 Å². The normalized spacial score (nSPS) is 10.4. The van der Waals surface area contributed by atoms with Crippen molar-refractivity contribution in [3.05, 3.63) is 24.0 Å². The lowest BCUT2D eigenvalue weighted by Crippen LogP contribution is -2.12. The number of carbonyl (C=O) groups is 1. The standard InChI is InChI=1S/C11H15N3O2/c1-4-16-10(15)6-5-9-7-12-11(13-8-9)14(2)3/h5-8H,4H2,1-3H3. The molecule has 0 N–H and O–H groups in total. The Morgan fingerprint density at radius 2 is 2.06 bits per heavy atom. The fraction of sp³-hybridized carbons (Fsp3) is 0.364. The summed E-state index contributed by atoms with van der Waals surface area (Å²) in [6.07, 6.45) is 6.28. The molecule has 1 heterocycles. The van der Waals surface area contributed by atoms with E-state index in [4.69, 9.17) is 4.74 Å². The van der Waals surface area contributed by atoms with Crippen molar-refractivity contribution < 1.29 is 9.53 Å². The van der Waals surface area contributed by atoms with Gasteiger partial charge in [0.1, 0.15) is 0 Å². The van der Waals surface area contributed by atoms with Gasteiger partial charge in [0.05, 0.1) is 6.61 Å². The largest absolute Gasteiger partial charge is 0.463 e. The lowest BCUT2D eigenvalue weighted by Gasteiger charge is -2.08. The third-order valence-corrected chi connectivity index (χ3v) is 1.76. The first-order chi connectivity index (χ1) is 7.63. The number of anilines is 1. The van der Waals surface area contributed by atoms with Gasteiger partial charge in [0.25, 0.3) is 0 Å². The van der Waals surface area contributed by atoms with Crippen molar-refractivity contribution in [2.75, 3.05) is 25.6 Å². The molecule has 0 saturated heterocycles. The molecule has 0 aromatic carbocycles. The summed E-state index contributed by atoms with van der Waals surface area (Å²) in [5, 5.41) is 0. The van der Waals surface area contributed by atoms with Crippen LogP contribution in [0.25, 0.3) is 6.08 Å². The van der Waals surface area contributed by atoms with Crippen LogP contribution in [-0.4, -0.2) is 36.6 Å². The predicted octanol–water partition coefficient (Wildman–Crippen LogP) is 1.12. The number of ether oxygens (including phenoxy) is 1. The van der Waals surface area contributed by atoms with Gasteiger partial charge in [0.15, 0.2) is 0 Å². The Labute approximate surface area is 94.8 Å². The zero-order chi connectivity index (χ0) is 12.0. The second-order valence-electron chi connectivity index (χ2n) is 3.30. The van der Waals surface area contributed by atoms with Crippen LogP contribution >= 0.6 is 0 Å². The fourth-order valence-electron chi connectivity index (χ4n) is 1.00. The molecule has 0 amide bonds. The van der Waals surface area contributed by atoms with E-state index in [1.165, 1.54) is 6.08 Å². The van der Waals surface area contributed by atoms with Gasteiger partial charge < -0.3 is 9.64 Å². The van der Waals surface area contributed by atoms with Gasteiger partial charge >= 0.3 is 5.97 Å². The van der Waals surface area contributed by atoms with Crippen LogP contribution < -0.4 is 4.90 Å². The molecule has 0 radical (unpaired) electrons. The Morgan fingerprint density at radius 1 is 1.44 bits per heavy atom. The highest BCUT2D eigenvalue weighted by Gasteiger charge is 1.98. The first-order valence-corrected chi connectivity index (χ1v) is 4.97. The van der Waals surface area contributed by atoms with Gasteiger partial charge in [-0.15, -0.1) is 0 Å². The zero-order valence-electron chi connectivity index (χ0n) is 9.67. The molecular formula is C11H15N3O2. The van der Waals surface area contributed by atoms with Gasteiger partial charge in [0.2, 0.25) is 5.95 Å². The highest BCUT2D eigenvalue weighted by Crippen LogP contribution is 2.04. The van der Waals surface area contributed by atoms with E-state index >= 15 is 0 Å². The first kappa shape index (κ1) is 12.2. The molecule has 0 unspecified atom stereocenters. The number of hydrogen-bond acceptors (Lipinski definition) is 5. The molecule has 0 atom stereocenters. The summed E-state index contributed by atoms with van der Waals surface area (Å²) in [6, 6.07) is 0. The number of hydrogen-bond donors (Lipinski definition) is 0. The molecule has 86 valence electrons.